The highest BCUT2D eigenvalue weighted by molar-refractivity contribution is 8.13. The van der Waals surface area contributed by atoms with Gasteiger partial charge in [-0.2, -0.15) is 0 Å². The van der Waals surface area contributed by atoms with Gasteiger partial charge in [0.15, 0.2) is 5.12 Å². The third kappa shape index (κ3) is 1.75. The molecule has 1 heterocycles. The summed E-state index contributed by atoms with van der Waals surface area (Å²) in [5.41, 5.74) is 1.10. The topological polar surface area (TPSA) is 32.9 Å². The van der Waals surface area contributed by atoms with Gasteiger partial charge in [0, 0.05) is 28.9 Å². The summed E-state index contributed by atoms with van der Waals surface area (Å²) in [5, 5.41) is 1.26. The molecule has 0 unspecified atom stereocenters. The molecule has 0 atom stereocenters. The van der Waals surface area contributed by atoms with Crippen molar-refractivity contribution in [2.75, 3.05) is 0 Å². The van der Waals surface area contributed by atoms with Crippen LogP contribution < -0.4 is 0 Å². The number of fused-ring (bicyclic) bond motifs is 1. The second-order valence-corrected chi connectivity index (χ2v) is 4.07. The number of rotatable bonds is 1. The van der Waals surface area contributed by atoms with Gasteiger partial charge in [0.05, 0.1) is 0 Å². The number of thioether (sulfide) groups is 1. The zero-order valence-corrected chi connectivity index (χ0v) is 8.02. The predicted octanol–water partition coefficient (Wildman–Crippen LogP) is 2.81. The maximum absolute atomic E-state index is 10.8. The molecular formula is C10H9NOS. The number of carbonyl (C=O) groups is 1. The minimum atomic E-state index is 0.120. The molecule has 0 spiro atoms. The second-order valence-electron chi connectivity index (χ2n) is 2.82. The molecule has 0 aliphatic heterocycles. The minimum absolute atomic E-state index is 0.120. The molecule has 0 aliphatic carbocycles. The fraction of sp³-hybridized carbons (Fsp3) is 0.100. The molecule has 1 aromatic carbocycles. The Morgan fingerprint density at radius 1 is 1.38 bits per heavy atom. The summed E-state index contributed by atoms with van der Waals surface area (Å²) in [7, 11) is 0. The maximum atomic E-state index is 10.8. The van der Waals surface area contributed by atoms with Crippen molar-refractivity contribution in [3.63, 3.8) is 0 Å². The molecule has 1 aromatic heterocycles. The Hall–Kier alpha value is -1.22. The van der Waals surface area contributed by atoms with E-state index in [0.717, 1.165) is 15.8 Å². The molecule has 2 aromatic rings. The van der Waals surface area contributed by atoms with Gasteiger partial charge in [-0.3, -0.25) is 4.79 Å². The first-order valence-corrected chi connectivity index (χ1v) is 4.83. The Kier molecular flexibility index (Phi) is 2.10. The van der Waals surface area contributed by atoms with E-state index in [2.05, 4.69) is 4.98 Å². The van der Waals surface area contributed by atoms with Gasteiger partial charge in [-0.1, -0.05) is 11.8 Å². The number of H-pyrrole nitrogens is 1. The number of hydrogen-bond donors (Lipinski definition) is 1. The average molecular weight is 191 g/mol. The molecule has 66 valence electrons. The second kappa shape index (κ2) is 3.26. The van der Waals surface area contributed by atoms with Crippen LogP contribution in [0.15, 0.2) is 35.4 Å². The molecule has 0 aliphatic rings. The van der Waals surface area contributed by atoms with E-state index in [9.17, 15) is 4.79 Å². The van der Waals surface area contributed by atoms with Crippen LogP contribution in [0.2, 0.25) is 0 Å². The molecule has 2 nitrogen and oxygen atoms in total. The fourth-order valence-electron chi connectivity index (χ4n) is 1.26. The smallest absolute Gasteiger partial charge is 0.190 e. The number of aromatic nitrogens is 1. The van der Waals surface area contributed by atoms with E-state index in [4.69, 9.17) is 0 Å². The molecule has 0 amide bonds. The lowest BCUT2D eigenvalue weighted by molar-refractivity contribution is -0.109. The summed E-state index contributed by atoms with van der Waals surface area (Å²) < 4.78 is 0. The first-order valence-electron chi connectivity index (χ1n) is 4.01. The first-order chi connectivity index (χ1) is 6.25. The third-order valence-corrected chi connectivity index (χ3v) is 2.56. The molecule has 1 N–H and O–H groups in total. The van der Waals surface area contributed by atoms with Crippen LogP contribution in [-0.2, 0) is 4.79 Å². The predicted molar refractivity (Wildman–Crippen MR) is 54.8 cm³/mol. The van der Waals surface area contributed by atoms with Crippen molar-refractivity contribution in [3.8, 4) is 0 Å². The molecule has 13 heavy (non-hydrogen) atoms. The third-order valence-electron chi connectivity index (χ3n) is 1.79. The summed E-state index contributed by atoms with van der Waals surface area (Å²) in [6.07, 6.45) is 1.90. The summed E-state index contributed by atoms with van der Waals surface area (Å²) in [6, 6.07) is 7.95. The highest BCUT2D eigenvalue weighted by Crippen LogP contribution is 2.23. The monoisotopic (exact) mass is 191 g/mol. The average Bonchev–Trinajstić information content (AvgIpc) is 2.49. The van der Waals surface area contributed by atoms with Crippen molar-refractivity contribution in [1.82, 2.24) is 4.98 Å². The molecule has 0 saturated heterocycles. The van der Waals surface area contributed by atoms with Crippen molar-refractivity contribution >= 4 is 27.8 Å². The van der Waals surface area contributed by atoms with E-state index in [1.807, 2.05) is 30.5 Å². The number of carbonyl (C=O) groups excluding carboxylic acids is 1. The van der Waals surface area contributed by atoms with Gasteiger partial charge in [-0.05, 0) is 24.3 Å². The van der Waals surface area contributed by atoms with E-state index >= 15 is 0 Å². The summed E-state index contributed by atoms with van der Waals surface area (Å²) in [4.78, 5) is 14.9. The van der Waals surface area contributed by atoms with Crippen LogP contribution in [0.1, 0.15) is 6.92 Å². The standard InChI is InChI=1S/C10H9NOS/c1-7(12)13-9-2-3-10-8(6-9)4-5-11-10/h2-6,11H,1H3. The van der Waals surface area contributed by atoms with Crippen LogP contribution in [0, 0.1) is 0 Å². The van der Waals surface area contributed by atoms with Gasteiger partial charge in [0.1, 0.15) is 0 Å². The van der Waals surface area contributed by atoms with Crippen molar-refractivity contribution in [1.29, 1.82) is 0 Å². The SMILES string of the molecule is CC(=O)Sc1ccc2[nH]ccc2c1. The molecular weight excluding hydrogens is 182 g/mol. The van der Waals surface area contributed by atoms with E-state index < -0.39 is 0 Å². The molecule has 0 fully saturated rings. The lowest BCUT2D eigenvalue weighted by Crippen LogP contribution is -1.80. The Morgan fingerprint density at radius 3 is 3.00 bits per heavy atom. The van der Waals surface area contributed by atoms with E-state index in [0.29, 0.717) is 0 Å². The number of hydrogen-bond acceptors (Lipinski definition) is 2. The van der Waals surface area contributed by atoms with Crippen LogP contribution in [0.5, 0.6) is 0 Å². The van der Waals surface area contributed by atoms with Crippen LogP contribution in [0.4, 0.5) is 0 Å². The molecule has 3 heteroatoms. The highest BCUT2D eigenvalue weighted by Gasteiger charge is 2.00. The Bertz CT molecular complexity index is 447. The van der Waals surface area contributed by atoms with Crippen molar-refractivity contribution < 1.29 is 4.79 Å². The van der Waals surface area contributed by atoms with Crippen LogP contribution in [0.25, 0.3) is 10.9 Å². The minimum Gasteiger partial charge on any atom is -0.361 e. The summed E-state index contributed by atoms with van der Waals surface area (Å²) in [5.74, 6) is 0. The van der Waals surface area contributed by atoms with Gasteiger partial charge < -0.3 is 4.98 Å². The van der Waals surface area contributed by atoms with Crippen LogP contribution in [0.3, 0.4) is 0 Å². The normalized spacial score (nSPS) is 10.5. The van der Waals surface area contributed by atoms with Crippen molar-refractivity contribution in [2.24, 2.45) is 0 Å². The molecule has 0 radical (unpaired) electrons. The molecule has 0 bridgehead atoms. The zero-order valence-electron chi connectivity index (χ0n) is 7.20. The Balaban J connectivity index is 2.42. The Morgan fingerprint density at radius 2 is 2.23 bits per heavy atom. The lowest BCUT2D eigenvalue weighted by atomic mass is 10.2. The number of aromatic amines is 1. The van der Waals surface area contributed by atoms with Gasteiger partial charge in [-0.25, -0.2) is 0 Å². The maximum Gasteiger partial charge on any atom is 0.190 e. The lowest BCUT2D eigenvalue weighted by Gasteiger charge is -1.96. The quantitative estimate of drug-likeness (QED) is 0.703. The van der Waals surface area contributed by atoms with Crippen molar-refractivity contribution in [3.05, 3.63) is 30.5 Å². The fourth-order valence-corrected chi connectivity index (χ4v) is 1.91. The van der Waals surface area contributed by atoms with Crippen molar-refractivity contribution in [2.45, 2.75) is 11.8 Å². The largest absolute Gasteiger partial charge is 0.361 e. The molecule has 0 saturated carbocycles. The van der Waals surface area contributed by atoms with E-state index in [1.54, 1.807) is 6.92 Å². The van der Waals surface area contributed by atoms with Gasteiger partial charge in [-0.15, -0.1) is 0 Å². The Labute approximate surface area is 80.3 Å². The van der Waals surface area contributed by atoms with E-state index in [-0.39, 0.29) is 5.12 Å². The van der Waals surface area contributed by atoms with Gasteiger partial charge >= 0.3 is 0 Å². The highest BCUT2D eigenvalue weighted by atomic mass is 32.2. The first kappa shape index (κ1) is 8.38. The van der Waals surface area contributed by atoms with E-state index in [1.165, 1.54) is 11.8 Å². The van der Waals surface area contributed by atoms with Gasteiger partial charge in [0.2, 0.25) is 0 Å². The number of benzene rings is 1. The number of nitrogens with one attached hydrogen (secondary N) is 1. The van der Waals surface area contributed by atoms with Crippen LogP contribution >= 0.6 is 11.8 Å². The summed E-state index contributed by atoms with van der Waals surface area (Å²) in [6.45, 7) is 1.58. The molecule has 2 rings (SSSR count). The summed E-state index contributed by atoms with van der Waals surface area (Å²) >= 11 is 1.26. The zero-order chi connectivity index (χ0) is 9.26. The van der Waals surface area contributed by atoms with Gasteiger partial charge in [0.25, 0.3) is 0 Å². The van der Waals surface area contributed by atoms with Crippen LogP contribution in [-0.4, -0.2) is 10.1 Å².